The van der Waals surface area contributed by atoms with Crippen molar-refractivity contribution in [3.63, 3.8) is 0 Å². The van der Waals surface area contributed by atoms with Crippen LogP contribution in [-0.2, 0) is 16.4 Å². The molecule has 6 nitrogen and oxygen atoms in total. The predicted molar refractivity (Wildman–Crippen MR) is 71.5 cm³/mol. The number of carboxylic acid groups (broad SMARTS) is 1. The second kappa shape index (κ2) is 5.56. The van der Waals surface area contributed by atoms with Crippen LogP contribution in [0.3, 0.4) is 0 Å². The van der Waals surface area contributed by atoms with Crippen LogP contribution >= 0.6 is 0 Å². The molecule has 0 fully saturated rings. The first kappa shape index (κ1) is 15.4. The number of sulfone groups is 1. The van der Waals surface area contributed by atoms with Crippen LogP contribution in [-0.4, -0.2) is 36.1 Å². The zero-order chi connectivity index (χ0) is 14.8. The topological polar surface area (TPSA) is 93.4 Å². The van der Waals surface area contributed by atoms with Gasteiger partial charge in [0.15, 0.2) is 0 Å². The standard InChI is InChI=1S/C12H17NO5S/c1-8-7-10(14)13(5-4-6-19(3,17)18)9(2)11(8)12(15)16/h7H,4-6H2,1-3H3,(H,15,16). The highest BCUT2D eigenvalue weighted by atomic mass is 32.2. The Hall–Kier alpha value is -1.63. The third kappa shape index (κ3) is 3.92. The van der Waals surface area contributed by atoms with Gasteiger partial charge in [0.05, 0.1) is 11.3 Å². The van der Waals surface area contributed by atoms with Crippen LogP contribution in [0.15, 0.2) is 10.9 Å². The van der Waals surface area contributed by atoms with Gasteiger partial charge in [0.1, 0.15) is 9.84 Å². The van der Waals surface area contributed by atoms with E-state index in [1.165, 1.54) is 10.6 Å². The van der Waals surface area contributed by atoms with E-state index in [0.717, 1.165) is 6.26 Å². The molecule has 0 aliphatic heterocycles. The fourth-order valence-electron chi connectivity index (χ4n) is 2.01. The summed E-state index contributed by atoms with van der Waals surface area (Å²) in [6, 6.07) is 1.26. The summed E-state index contributed by atoms with van der Waals surface area (Å²) in [5.74, 6) is -1.12. The molecule has 0 spiro atoms. The van der Waals surface area contributed by atoms with Crippen LogP contribution in [0.25, 0.3) is 0 Å². The van der Waals surface area contributed by atoms with Gasteiger partial charge in [0, 0.05) is 24.6 Å². The summed E-state index contributed by atoms with van der Waals surface area (Å²) in [7, 11) is -3.09. The van der Waals surface area contributed by atoms with E-state index in [4.69, 9.17) is 5.11 Å². The minimum absolute atomic E-state index is 0.0326. The summed E-state index contributed by atoms with van der Waals surface area (Å²) in [6.45, 7) is 3.31. The molecule has 0 amide bonds. The van der Waals surface area contributed by atoms with Gasteiger partial charge in [-0.3, -0.25) is 4.79 Å². The molecular formula is C12H17NO5S. The molecule has 0 saturated heterocycles. The summed E-state index contributed by atoms with van der Waals surface area (Å²) in [5, 5.41) is 9.11. The molecule has 0 bridgehead atoms. The molecule has 0 saturated carbocycles. The number of carboxylic acids is 1. The summed E-state index contributed by atoms with van der Waals surface area (Å²) < 4.78 is 23.4. The average molecular weight is 287 g/mol. The van der Waals surface area contributed by atoms with Crippen molar-refractivity contribution in [1.29, 1.82) is 0 Å². The Labute approximate surface area is 111 Å². The number of hydrogen-bond donors (Lipinski definition) is 1. The molecule has 1 heterocycles. The number of aromatic nitrogens is 1. The first-order chi connectivity index (χ1) is 8.63. The first-order valence-electron chi connectivity index (χ1n) is 5.75. The Balaban J connectivity index is 3.12. The highest BCUT2D eigenvalue weighted by Gasteiger charge is 2.15. The Morgan fingerprint density at radius 2 is 1.95 bits per heavy atom. The Morgan fingerprint density at radius 3 is 2.42 bits per heavy atom. The second-order valence-corrected chi connectivity index (χ2v) is 6.83. The SMILES string of the molecule is Cc1cc(=O)n(CCCS(C)(=O)=O)c(C)c1C(=O)O. The maximum Gasteiger partial charge on any atom is 0.337 e. The quantitative estimate of drug-likeness (QED) is 0.855. The Kier molecular flexibility index (Phi) is 4.52. The minimum Gasteiger partial charge on any atom is -0.478 e. The van der Waals surface area contributed by atoms with Crippen LogP contribution in [0.4, 0.5) is 0 Å². The molecule has 1 N–H and O–H groups in total. The molecule has 7 heteroatoms. The average Bonchev–Trinajstić information content (AvgIpc) is 2.20. The van der Waals surface area contributed by atoms with Crippen molar-refractivity contribution in [1.82, 2.24) is 4.57 Å². The maximum atomic E-state index is 11.8. The van der Waals surface area contributed by atoms with Gasteiger partial charge < -0.3 is 9.67 Å². The molecule has 1 aromatic heterocycles. The van der Waals surface area contributed by atoms with Gasteiger partial charge in [-0.25, -0.2) is 13.2 Å². The smallest absolute Gasteiger partial charge is 0.337 e. The summed E-state index contributed by atoms with van der Waals surface area (Å²) in [4.78, 5) is 22.9. The van der Waals surface area contributed by atoms with Gasteiger partial charge in [-0.05, 0) is 25.8 Å². The van der Waals surface area contributed by atoms with E-state index in [0.29, 0.717) is 11.3 Å². The Bertz CT molecular complexity index is 657. The molecule has 0 aromatic carbocycles. The third-order valence-electron chi connectivity index (χ3n) is 2.88. The van der Waals surface area contributed by atoms with Crippen molar-refractivity contribution in [2.75, 3.05) is 12.0 Å². The van der Waals surface area contributed by atoms with Crippen molar-refractivity contribution in [3.05, 3.63) is 33.2 Å². The van der Waals surface area contributed by atoms with E-state index in [9.17, 15) is 18.0 Å². The maximum absolute atomic E-state index is 11.8. The first-order valence-corrected chi connectivity index (χ1v) is 7.81. The van der Waals surface area contributed by atoms with Crippen molar-refractivity contribution >= 4 is 15.8 Å². The van der Waals surface area contributed by atoms with Gasteiger partial charge in [0.25, 0.3) is 5.56 Å². The number of aryl methyl sites for hydroxylation is 1. The zero-order valence-corrected chi connectivity index (χ0v) is 12.0. The number of pyridine rings is 1. The van der Waals surface area contributed by atoms with E-state index in [-0.39, 0.29) is 29.8 Å². The minimum atomic E-state index is -3.09. The lowest BCUT2D eigenvalue weighted by Gasteiger charge is -2.13. The molecule has 0 radical (unpaired) electrons. The van der Waals surface area contributed by atoms with Crippen LogP contribution in [0.5, 0.6) is 0 Å². The largest absolute Gasteiger partial charge is 0.478 e. The van der Waals surface area contributed by atoms with Gasteiger partial charge >= 0.3 is 5.97 Å². The summed E-state index contributed by atoms with van der Waals surface area (Å²) >= 11 is 0. The number of nitrogens with zero attached hydrogens (tertiary/aromatic N) is 1. The van der Waals surface area contributed by atoms with Crippen molar-refractivity contribution < 1.29 is 18.3 Å². The normalized spacial score (nSPS) is 11.5. The van der Waals surface area contributed by atoms with Gasteiger partial charge in [-0.15, -0.1) is 0 Å². The van der Waals surface area contributed by atoms with Crippen molar-refractivity contribution in [3.8, 4) is 0 Å². The highest BCUT2D eigenvalue weighted by molar-refractivity contribution is 7.90. The van der Waals surface area contributed by atoms with Crippen molar-refractivity contribution in [2.45, 2.75) is 26.8 Å². The molecular weight excluding hydrogens is 270 g/mol. The second-order valence-electron chi connectivity index (χ2n) is 4.57. The third-order valence-corrected chi connectivity index (χ3v) is 3.91. The van der Waals surface area contributed by atoms with Crippen LogP contribution < -0.4 is 5.56 Å². The fourth-order valence-corrected chi connectivity index (χ4v) is 2.66. The Morgan fingerprint density at radius 1 is 1.37 bits per heavy atom. The van der Waals surface area contributed by atoms with E-state index < -0.39 is 15.8 Å². The molecule has 0 unspecified atom stereocenters. The van der Waals surface area contributed by atoms with E-state index in [1.54, 1.807) is 13.8 Å². The molecule has 19 heavy (non-hydrogen) atoms. The van der Waals surface area contributed by atoms with Crippen LogP contribution in [0, 0.1) is 13.8 Å². The summed E-state index contributed by atoms with van der Waals surface area (Å²) in [6.07, 6.45) is 1.40. The lowest BCUT2D eigenvalue weighted by atomic mass is 10.1. The van der Waals surface area contributed by atoms with E-state index in [1.807, 2.05) is 0 Å². The monoisotopic (exact) mass is 287 g/mol. The summed E-state index contributed by atoms with van der Waals surface area (Å²) in [5.41, 5.74) is 0.549. The van der Waals surface area contributed by atoms with Gasteiger partial charge in [-0.1, -0.05) is 0 Å². The molecule has 0 aliphatic rings. The fraction of sp³-hybridized carbons (Fsp3) is 0.500. The van der Waals surface area contributed by atoms with Crippen LogP contribution in [0.2, 0.25) is 0 Å². The zero-order valence-electron chi connectivity index (χ0n) is 11.1. The van der Waals surface area contributed by atoms with E-state index in [2.05, 4.69) is 0 Å². The van der Waals surface area contributed by atoms with Gasteiger partial charge in [0.2, 0.25) is 0 Å². The molecule has 0 aliphatic carbocycles. The predicted octanol–water partition coefficient (Wildman–Crippen LogP) is 0.598. The number of aromatic carboxylic acids is 1. The lowest BCUT2D eigenvalue weighted by Crippen LogP contribution is -2.26. The van der Waals surface area contributed by atoms with Gasteiger partial charge in [-0.2, -0.15) is 0 Å². The molecule has 0 atom stereocenters. The number of rotatable bonds is 5. The number of hydrogen-bond acceptors (Lipinski definition) is 4. The lowest BCUT2D eigenvalue weighted by molar-refractivity contribution is 0.0694. The van der Waals surface area contributed by atoms with Crippen molar-refractivity contribution in [2.24, 2.45) is 0 Å². The number of carbonyl (C=O) groups is 1. The molecule has 106 valence electrons. The van der Waals surface area contributed by atoms with Crippen LogP contribution in [0.1, 0.15) is 28.0 Å². The molecule has 1 aromatic rings. The van der Waals surface area contributed by atoms with E-state index >= 15 is 0 Å². The highest BCUT2D eigenvalue weighted by Crippen LogP contribution is 2.11. The molecule has 1 rings (SSSR count).